The Morgan fingerprint density at radius 1 is 1.53 bits per heavy atom. The summed E-state index contributed by atoms with van der Waals surface area (Å²) < 4.78 is 5.18. The molecule has 0 unspecified atom stereocenters. The Kier molecular flexibility index (Phi) is 6.32. The molecule has 1 aromatic carbocycles. The number of benzene rings is 1. The standard InChI is InChI=1S/C11H13N2O.Na/c1-8(2)13-10-6-4-5-9(7-12)11(10)14-3;/h4-6,12-13H,1H2,2-3H3;/q-1;+1. The Labute approximate surface area is 112 Å². The van der Waals surface area contributed by atoms with Crippen LogP contribution in [-0.2, 0) is 0 Å². The van der Waals surface area contributed by atoms with E-state index in [1.807, 2.05) is 19.1 Å². The molecule has 15 heavy (non-hydrogen) atoms. The number of ether oxygens (including phenoxy) is 1. The zero-order valence-electron chi connectivity index (χ0n) is 9.35. The summed E-state index contributed by atoms with van der Waals surface area (Å²) in [5.41, 5.74) is 2.25. The number of methoxy groups -OCH3 is 1. The van der Waals surface area contributed by atoms with E-state index in [0.717, 1.165) is 11.4 Å². The van der Waals surface area contributed by atoms with Gasteiger partial charge in [-0.25, -0.2) is 0 Å². The van der Waals surface area contributed by atoms with Crippen molar-refractivity contribution in [1.29, 1.82) is 5.41 Å². The molecule has 0 aromatic heterocycles. The van der Waals surface area contributed by atoms with Crippen LogP contribution in [0.25, 0.3) is 0 Å². The Balaban J connectivity index is 0.00000196. The van der Waals surface area contributed by atoms with Crippen molar-refractivity contribution in [3.63, 3.8) is 0 Å². The first-order valence-corrected chi connectivity index (χ1v) is 4.21. The van der Waals surface area contributed by atoms with Gasteiger partial charge in [0.25, 0.3) is 0 Å². The second kappa shape index (κ2) is 6.67. The maximum atomic E-state index is 7.09. The van der Waals surface area contributed by atoms with Crippen LogP contribution in [-0.4, -0.2) is 13.3 Å². The molecule has 0 atom stereocenters. The van der Waals surface area contributed by atoms with Crippen molar-refractivity contribution in [3.8, 4) is 5.75 Å². The number of anilines is 1. The average molecular weight is 212 g/mol. The van der Waals surface area contributed by atoms with Gasteiger partial charge in [0.15, 0.2) is 0 Å². The fourth-order valence-corrected chi connectivity index (χ4v) is 1.18. The van der Waals surface area contributed by atoms with Gasteiger partial charge in [0.2, 0.25) is 0 Å². The van der Waals surface area contributed by atoms with Crippen LogP contribution in [0.4, 0.5) is 5.69 Å². The molecule has 0 amide bonds. The molecule has 3 nitrogen and oxygen atoms in total. The van der Waals surface area contributed by atoms with Crippen molar-refractivity contribution in [2.45, 2.75) is 6.92 Å². The van der Waals surface area contributed by atoms with E-state index in [-0.39, 0.29) is 29.6 Å². The second-order valence-corrected chi connectivity index (χ2v) is 2.92. The van der Waals surface area contributed by atoms with Crippen molar-refractivity contribution in [1.82, 2.24) is 0 Å². The van der Waals surface area contributed by atoms with Gasteiger partial charge in [-0.15, -0.1) is 11.6 Å². The van der Waals surface area contributed by atoms with Crippen molar-refractivity contribution in [2.75, 3.05) is 12.4 Å². The summed E-state index contributed by atoms with van der Waals surface area (Å²) in [4.78, 5) is 0. The Hall–Kier alpha value is -0.770. The molecular formula is C11H13N2NaO. The summed E-state index contributed by atoms with van der Waals surface area (Å²) in [6.07, 6.45) is 2.32. The zero-order valence-corrected chi connectivity index (χ0v) is 11.3. The van der Waals surface area contributed by atoms with Crippen LogP contribution in [0.5, 0.6) is 5.75 Å². The number of para-hydroxylation sites is 1. The Morgan fingerprint density at radius 3 is 2.67 bits per heavy atom. The molecule has 0 heterocycles. The molecule has 0 aliphatic carbocycles. The van der Waals surface area contributed by atoms with E-state index in [4.69, 9.17) is 10.1 Å². The molecule has 4 heteroatoms. The SMILES string of the molecule is C=C(C)Nc1cccc([C-]=N)c1OC.[Na+]. The van der Waals surface area contributed by atoms with E-state index >= 15 is 0 Å². The third-order valence-corrected chi connectivity index (χ3v) is 1.70. The molecule has 74 valence electrons. The van der Waals surface area contributed by atoms with Gasteiger partial charge in [-0.2, -0.15) is 6.07 Å². The van der Waals surface area contributed by atoms with Crippen molar-refractivity contribution < 1.29 is 34.3 Å². The predicted octanol–water partition coefficient (Wildman–Crippen LogP) is -0.481. The summed E-state index contributed by atoms with van der Waals surface area (Å²) in [5.74, 6) is 0.616. The Morgan fingerprint density at radius 2 is 2.20 bits per heavy atom. The summed E-state index contributed by atoms with van der Waals surface area (Å²) >= 11 is 0. The first-order valence-electron chi connectivity index (χ1n) is 4.21. The maximum Gasteiger partial charge on any atom is 1.00 e. The third-order valence-electron chi connectivity index (χ3n) is 1.70. The van der Waals surface area contributed by atoms with Crippen LogP contribution in [0.2, 0.25) is 0 Å². The van der Waals surface area contributed by atoms with Crippen LogP contribution in [0.3, 0.4) is 0 Å². The molecule has 0 saturated carbocycles. The molecule has 0 aliphatic rings. The molecule has 0 aliphatic heterocycles. The van der Waals surface area contributed by atoms with Crippen LogP contribution < -0.4 is 39.6 Å². The molecule has 0 spiro atoms. The zero-order chi connectivity index (χ0) is 10.6. The molecule has 1 rings (SSSR count). The van der Waals surface area contributed by atoms with E-state index in [1.54, 1.807) is 13.2 Å². The average Bonchev–Trinajstić information content (AvgIpc) is 2.16. The number of hydrogen-bond acceptors (Lipinski definition) is 3. The van der Waals surface area contributed by atoms with Crippen LogP contribution >= 0.6 is 0 Å². The van der Waals surface area contributed by atoms with Crippen molar-refractivity contribution in [2.24, 2.45) is 0 Å². The third kappa shape index (κ3) is 3.70. The van der Waals surface area contributed by atoms with E-state index in [2.05, 4.69) is 18.1 Å². The van der Waals surface area contributed by atoms with Gasteiger partial charge in [-0.1, -0.05) is 18.9 Å². The van der Waals surface area contributed by atoms with Crippen LogP contribution in [0, 0.1) is 5.41 Å². The minimum absolute atomic E-state index is 0. The number of nitrogens with one attached hydrogen (secondary N) is 2. The molecule has 0 saturated heterocycles. The fourth-order valence-electron chi connectivity index (χ4n) is 1.18. The van der Waals surface area contributed by atoms with Crippen molar-refractivity contribution >= 4 is 11.9 Å². The van der Waals surface area contributed by atoms with Gasteiger partial charge in [0, 0.05) is 17.1 Å². The van der Waals surface area contributed by atoms with Gasteiger partial charge in [0.05, 0.1) is 7.11 Å². The van der Waals surface area contributed by atoms with Crippen LogP contribution in [0.15, 0.2) is 30.5 Å². The number of hydrogen-bond donors (Lipinski definition) is 2. The van der Waals surface area contributed by atoms with Gasteiger partial charge in [-0.3, -0.25) is 0 Å². The van der Waals surface area contributed by atoms with E-state index in [9.17, 15) is 0 Å². The molecule has 2 N–H and O–H groups in total. The van der Waals surface area contributed by atoms with Gasteiger partial charge >= 0.3 is 29.6 Å². The van der Waals surface area contributed by atoms with Crippen LogP contribution in [0.1, 0.15) is 12.5 Å². The first-order chi connectivity index (χ1) is 6.69. The van der Waals surface area contributed by atoms with Crippen molar-refractivity contribution in [3.05, 3.63) is 36.0 Å². The molecule has 0 bridgehead atoms. The molecule has 0 radical (unpaired) electrons. The maximum absolute atomic E-state index is 7.09. The smallest absolute Gasteiger partial charge is 0.551 e. The predicted molar refractivity (Wildman–Crippen MR) is 58.3 cm³/mol. The normalized spacial score (nSPS) is 8.67. The van der Waals surface area contributed by atoms with E-state index in [0.29, 0.717) is 11.3 Å². The molecule has 1 aromatic rings. The summed E-state index contributed by atoms with van der Waals surface area (Å²) in [6.45, 7) is 5.61. The summed E-state index contributed by atoms with van der Waals surface area (Å²) in [5, 5.41) is 10.1. The minimum atomic E-state index is 0. The summed E-state index contributed by atoms with van der Waals surface area (Å²) in [6, 6.07) is 5.48. The van der Waals surface area contributed by atoms with Gasteiger partial charge in [0.1, 0.15) is 0 Å². The summed E-state index contributed by atoms with van der Waals surface area (Å²) in [7, 11) is 1.57. The largest absolute Gasteiger partial charge is 1.00 e. The van der Waals surface area contributed by atoms with Gasteiger partial charge in [-0.05, 0) is 6.92 Å². The fraction of sp³-hybridized carbons (Fsp3) is 0.182. The molecule has 0 fully saturated rings. The van der Waals surface area contributed by atoms with E-state index < -0.39 is 0 Å². The first kappa shape index (κ1) is 14.2. The minimum Gasteiger partial charge on any atom is -0.551 e. The monoisotopic (exact) mass is 212 g/mol. The second-order valence-electron chi connectivity index (χ2n) is 2.92. The van der Waals surface area contributed by atoms with E-state index in [1.165, 1.54) is 0 Å². The number of rotatable bonds is 4. The topological polar surface area (TPSA) is 45.1 Å². The quantitative estimate of drug-likeness (QED) is 0.402. The van der Waals surface area contributed by atoms with Gasteiger partial charge < -0.3 is 15.5 Å². The number of allylic oxidation sites excluding steroid dienone is 1. The molecular weight excluding hydrogens is 199 g/mol. The Bertz CT molecular complexity index is 364.